The number of carbonyl (C=O) groups is 1. The van der Waals surface area contributed by atoms with E-state index < -0.39 is 5.97 Å². The molecular weight excluding hydrogens is 182 g/mol. The average molecular weight is 193 g/mol. The minimum absolute atomic E-state index is 0.0122. The summed E-state index contributed by atoms with van der Waals surface area (Å²) in [4.78, 5) is 10.7. The van der Waals surface area contributed by atoms with Crippen molar-refractivity contribution < 1.29 is 14.6 Å². The summed E-state index contributed by atoms with van der Waals surface area (Å²) < 4.78 is 5.34. The zero-order valence-corrected chi connectivity index (χ0v) is 7.56. The normalized spacial score (nSPS) is 19.6. The third-order valence-corrected chi connectivity index (χ3v) is 2.25. The molecule has 4 nitrogen and oxygen atoms in total. The van der Waals surface area contributed by atoms with Crippen molar-refractivity contribution in [1.82, 2.24) is 0 Å². The van der Waals surface area contributed by atoms with Crippen LogP contribution in [0.4, 0.5) is 0 Å². The van der Waals surface area contributed by atoms with Crippen LogP contribution in [0.1, 0.15) is 15.9 Å². The highest BCUT2D eigenvalue weighted by Gasteiger charge is 2.17. The van der Waals surface area contributed by atoms with Crippen LogP contribution in [0.2, 0.25) is 0 Å². The Kier molecular flexibility index (Phi) is 2.13. The molecule has 1 unspecified atom stereocenters. The number of rotatable bonds is 1. The van der Waals surface area contributed by atoms with Crippen molar-refractivity contribution in [3.63, 3.8) is 0 Å². The fourth-order valence-corrected chi connectivity index (χ4v) is 1.53. The highest BCUT2D eigenvalue weighted by molar-refractivity contribution is 5.88. The predicted octanol–water partition coefficient (Wildman–Crippen LogP) is 0.647. The quantitative estimate of drug-likeness (QED) is 0.686. The van der Waals surface area contributed by atoms with Crippen molar-refractivity contribution >= 4 is 5.97 Å². The molecule has 1 aromatic carbocycles. The SMILES string of the molecule is NC1COc2cc(C(=O)O)ccc2C1. The number of benzene rings is 1. The van der Waals surface area contributed by atoms with E-state index in [9.17, 15) is 4.79 Å². The van der Waals surface area contributed by atoms with Gasteiger partial charge >= 0.3 is 5.97 Å². The van der Waals surface area contributed by atoms with Crippen molar-refractivity contribution in [2.45, 2.75) is 12.5 Å². The fourth-order valence-electron chi connectivity index (χ4n) is 1.53. The summed E-state index contributed by atoms with van der Waals surface area (Å²) in [6.45, 7) is 0.454. The van der Waals surface area contributed by atoms with Crippen LogP contribution in [-0.2, 0) is 6.42 Å². The van der Waals surface area contributed by atoms with Crippen molar-refractivity contribution in [2.75, 3.05) is 6.61 Å². The van der Waals surface area contributed by atoms with Gasteiger partial charge in [-0.25, -0.2) is 4.79 Å². The highest BCUT2D eigenvalue weighted by Crippen LogP contribution is 2.25. The molecule has 1 aliphatic rings. The summed E-state index contributed by atoms with van der Waals surface area (Å²) in [7, 11) is 0. The monoisotopic (exact) mass is 193 g/mol. The van der Waals surface area contributed by atoms with E-state index in [0.29, 0.717) is 12.4 Å². The van der Waals surface area contributed by atoms with E-state index in [4.69, 9.17) is 15.6 Å². The number of fused-ring (bicyclic) bond motifs is 1. The van der Waals surface area contributed by atoms with E-state index in [0.717, 1.165) is 12.0 Å². The van der Waals surface area contributed by atoms with Crippen molar-refractivity contribution in [3.05, 3.63) is 29.3 Å². The summed E-state index contributed by atoms with van der Waals surface area (Å²) in [5.41, 5.74) is 6.94. The molecule has 0 radical (unpaired) electrons. The third kappa shape index (κ3) is 1.56. The number of carboxylic acids is 1. The molecule has 2 rings (SSSR count). The van der Waals surface area contributed by atoms with Gasteiger partial charge in [0.25, 0.3) is 0 Å². The molecule has 0 saturated carbocycles. The number of ether oxygens (including phenoxy) is 1. The van der Waals surface area contributed by atoms with Gasteiger partial charge in [-0.05, 0) is 24.1 Å². The van der Waals surface area contributed by atoms with Crippen molar-refractivity contribution in [2.24, 2.45) is 5.73 Å². The zero-order chi connectivity index (χ0) is 10.1. The molecule has 1 aromatic rings. The zero-order valence-electron chi connectivity index (χ0n) is 7.56. The number of carboxylic acid groups (broad SMARTS) is 1. The highest BCUT2D eigenvalue weighted by atomic mass is 16.5. The molecule has 1 aliphatic heterocycles. The second kappa shape index (κ2) is 3.31. The van der Waals surface area contributed by atoms with E-state index in [1.165, 1.54) is 0 Å². The van der Waals surface area contributed by atoms with E-state index in [2.05, 4.69) is 0 Å². The maximum atomic E-state index is 10.7. The van der Waals surface area contributed by atoms with Crippen LogP contribution in [0, 0.1) is 0 Å². The molecule has 1 heterocycles. The second-order valence-electron chi connectivity index (χ2n) is 3.40. The van der Waals surface area contributed by atoms with E-state index in [-0.39, 0.29) is 11.6 Å². The molecule has 0 fully saturated rings. The van der Waals surface area contributed by atoms with E-state index in [1.807, 2.05) is 0 Å². The van der Waals surface area contributed by atoms with E-state index in [1.54, 1.807) is 18.2 Å². The molecule has 4 heteroatoms. The van der Waals surface area contributed by atoms with Gasteiger partial charge in [-0.2, -0.15) is 0 Å². The van der Waals surface area contributed by atoms with Gasteiger partial charge in [-0.15, -0.1) is 0 Å². The van der Waals surface area contributed by atoms with Crippen LogP contribution in [0.3, 0.4) is 0 Å². The third-order valence-electron chi connectivity index (χ3n) is 2.25. The summed E-state index contributed by atoms with van der Waals surface area (Å²) >= 11 is 0. The van der Waals surface area contributed by atoms with Gasteiger partial charge in [0.15, 0.2) is 0 Å². The Balaban J connectivity index is 2.36. The average Bonchev–Trinajstić information content (AvgIpc) is 2.16. The largest absolute Gasteiger partial charge is 0.492 e. The van der Waals surface area contributed by atoms with Gasteiger partial charge in [0.1, 0.15) is 12.4 Å². The van der Waals surface area contributed by atoms with Crippen molar-refractivity contribution in [3.8, 4) is 5.75 Å². The first-order chi connectivity index (χ1) is 6.66. The van der Waals surface area contributed by atoms with Crippen LogP contribution in [0.5, 0.6) is 5.75 Å². The van der Waals surface area contributed by atoms with Crippen LogP contribution in [0.15, 0.2) is 18.2 Å². The molecular formula is C10H11NO3. The lowest BCUT2D eigenvalue weighted by Gasteiger charge is -2.22. The Bertz CT molecular complexity index is 376. The summed E-state index contributed by atoms with van der Waals surface area (Å²) in [5.74, 6) is -0.294. The number of nitrogens with two attached hydrogens (primary N) is 1. The van der Waals surface area contributed by atoms with Crippen LogP contribution < -0.4 is 10.5 Å². The lowest BCUT2D eigenvalue weighted by molar-refractivity contribution is 0.0696. The Morgan fingerprint density at radius 2 is 2.36 bits per heavy atom. The molecule has 1 atom stereocenters. The first-order valence-electron chi connectivity index (χ1n) is 4.41. The van der Waals surface area contributed by atoms with Crippen LogP contribution in [0.25, 0.3) is 0 Å². The minimum Gasteiger partial charge on any atom is -0.492 e. The Labute approximate surface area is 81.3 Å². The second-order valence-corrected chi connectivity index (χ2v) is 3.40. The van der Waals surface area contributed by atoms with Gasteiger partial charge < -0.3 is 15.6 Å². The predicted molar refractivity (Wildman–Crippen MR) is 50.6 cm³/mol. The van der Waals surface area contributed by atoms with E-state index >= 15 is 0 Å². The lowest BCUT2D eigenvalue weighted by Crippen LogP contribution is -2.33. The Morgan fingerprint density at radius 3 is 3.07 bits per heavy atom. The topological polar surface area (TPSA) is 72.5 Å². The molecule has 0 bridgehead atoms. The Morgan fingerprint density at radius 1 is 1.57 bits per heavy atom. The number of hydrogen-bond acceptors (Lipinski definition) is 3. The van der Waals surface area contributed by atoms with Crippen LogP contribution >= 0.6 is 0 Å². The lowest BCUT2D eigenvalue weighted by atomic mass is 10.0. The van der Waals surface area contributed by atoms with Gasteiger partial charge in [0, 0.05) is 6.04 Å². The molecule has 3 N–H and O–H groups in total. The van der Waals surface area contributed by atoms with Gasteiger partial charge in [0.05, 0.1) is 5.56 Å². The molecule has 0 saturated heterocycles. The molecule has 0 amide bonds. The molecule has 0 aliphatic carbocycles. The summed E-state index contributed by atoms with van der Waals surface area (Å²) in [6, 6.07) is 4.89. The molecule has 0 spiro atoms. The maximum Gasteiger partial charge on any atom is 0.335 e. The summed E-state index contributed by atoms with van der Waals surface area (Å²) in [5, 5.41) is 8.76. The molecule has 74 valence electrons. The van der Waals surface area contributed by atoms with Gasteiger partial charge in [-0.3, -0.25) is 0 Å². The standard InChI is InChI=1S/C10H11NO3/c11-8-3-6-1-2-7(10(12)13)4-9(6)14-5-8/h1-2,4,8H,3,5,11H2,(H,12,13). The van der Waals surface area contributed by atoms with Gasteiger partial charge in [-0.1, -0.05) is 6.07 Å². The first kappa shape index (κ1) is 9.02. The molecule has 0 aromatic heterocycles. The van der Waals surface area contributed by atoms with Crippen molar-refractivity contribution in [1.29, 1.82) is 0 Å². The first-order valence-corrected chi connectivity index (χ1v) is 4.41. The molecule has 14 heavy (non-hydrogen) atoms. The van der Waals surface area contributed by atoms with Crippen LogP contribution in [-0.4, -0.2) is 23.7 Å². The Hall–Kier alpha value is -1.55. The number of hydrogen-bond donors (Lipinski definition) is 2. The fraction of sp³-hybridized carbons (Fsp3) is 0.300. The summed E-state index contributed by atoms with van der Waals surface area (Å²) in [6.07, 6.45) is 0.745. The maximum absolute atomic E-state index is 10.7. The smallest absolute Gasteiger partial charge is 0.335 e. The minimum atomic E-state index is -0.939. The van der Waals surface area contributed by atoms with Gasteiger partial charge in [0.2, 0.25) is 0 Å². The number of aromatic carboxylic acids is 1.